The Bertz CT molecular complexity index is 1060. The summed E-state index contributed by atoms with van der Waals surface area (Å²) in [6.07, 6.45) is 1.33. The Morgan fingerprint density at radius 3 is 2.23 bits per heavy atom. The third-order valence-electron chi connectivity index (χ3n) is 4.41. The van der Waals surface area contributed by atoms with Crippen molar-refractivity contribution in [2.24, 2.45) is 10.8 Å². The number of hydrogen-bond acceptors (Lipinski definition) is 3. The summed E-state index contributed by atoms with van der Waals surface area (Å²) < 4.78 is 1.04. The van der Waals surface area contributed by atoms with Crippen molar-refractivity contribution in [2.75, 3.05) is 0 Å². The first-order valence-corrected chi connectivity index (χ1v) is 10.7. The molecule has 0 saturated heterocycles. The van der Waals surface area contributed by atoms with E-state index in [4.69, 9.17) is 0 Å². The molecule has 3 nitrogen and oxygen atoms in total. The van der Waals surface area contributed by atoms with Crippen LogP contribution in [0.25, 0.3) is 22.2 Å². The van der Waals surface area contributed by atoms with Gasteiger partial charge in [-0.15, -0.1) is 29.8 Å². The second kappa shape index (κ2) is 11.2. The van der Waals surface area contributed by atoms with Gasteiger partial charge in [-0.1, -0.05) is 92.3 Å². The number of carbonyl (C=O) groups excluding carboxylic acids is 1. The van der Waals surface area contributed by atoms with Gasteiger partial charge in [-0.25, -0.2) is 0 Å². The summed E-state index contributed by atoms with van der Waals surface area (Å²) in [4.78, 5) is 16.1. The minimum atomic E-state index is -0.417. The van der Waals surface area contributed by atoms with Gasteiger partial charge in [0, 0.05) is 37.0 Å². The van der Waals surface area contributed by atoms with Crippen LogP contribution in [0.5, 0.6) is 0 Å². The molecule has 1 radical (unpaired) electrons. The van der Waals surface area contributed by atoms with E-state index in [1.54, 1.807) is 0 Å². The molecule has 0 aliphatic heterocycles. The van der Waals surface area contributed by atoms with E-state index in [1.165, 1.54) is 6.08 Å². The van der Waals surface area contributed by atoms with Crippen molar-refractivity contribution in [1.29, 1.82) is 0 Å². The molecule has 0 bridgehead atoms. The van der Waals surface area contributed by atoms with Crippen LogP contribution in [-0.2, 0) is 24.9 Å². The molecule has 2 aromatic carbocycles. The molecule has 0 saturated carbocycles. The second-order valence-electron chi connectivity index (χ2n) is 9.20. The summed E-state index contributed by atoms with van der Waals surface area (Å²) in [5.41, 5.74) is 2.20. The van der Waals surface area contributed by atoms with Crippen LogP contribution in [0, 0.1) is 16.9 Å². The third-order valence-corrected chi connectivity index (χ3v) is 4.91. The molecule has 1 aromatic heterocycles. The van der Waals surface area contributed by atoms with E-state index in [9.17, 15) is 9.90 Å². The van der Waals surface area contributed by atoms with E-state index >= 15 is 0 Å². The van der Waals surface area contributed by atoms with E-state index in [1.807, 2.05) is 84.0 Å². The van der Waals surface area contributed by atoms with Crippen molar-refractivity contribution in [1.82, 2.24) is 4.98 Å². The molecular formula is C26H29BrIrNO2-. The van der Waals surface area contributed by atoms with Crippen molar-refractivity contribution in [3.8, 4) is 11.3 Å². The average molecular weight is 660 g/mol. The molecule has 5 heteroatoms. The largest absolute Gasteiger partial charge is 0.512 e. The smallest absolute Gasteiger partial charge is 0.164 e. The Hall–Kier alpha value is -1.81. The summed E-state index contributed by atoms with van der Waals surface area (Å²) in [5.74, 6) is 0.104. The number of allylic oxidation sites excluding steroid dienone is 2. The van der Waals surface area contributed by atoms with Gasteiger partial charge in [-0.2, -0.15) is 0 Å². The number of pyridine rings is 1. The fraction of sp³-hybridized carbons (Fsp3) is 0.308. The fourth-order valence-electron chi connectivity index (χ4n) is 2.36. The maximum absolute atomic E-state index is 11.5. The number of aromatic nitrogens is 1. The second-order valence-corrected chi connectivity index (χ2v) is 10.1. The van der Waals surface area contributed by atoms with Crippen LogP contribution in [0.1, 0.15) is 41.5 Å². The standard InChI is InChI=1S/C15H9BrN.C11H20O2.Ir/c16-13-6-3-5-12(10-13)15-9-8-11-4-1-2-7-14(11)17-15;1-10(2,3)8(12)7-9(13)11(4,5)6;/h1-4,6-10H;7,12H,1-6H3;/q-1;;. The SMILES string of the molecule is Brc1cc[c-]c(-c2ccc3ccccc3n2)c1.CC(C)(C)C(=O)C=C(O)C(C)(C)C.[Ir]. The normalized spacial score (nSPS) is 11.9. The zero-order valence-electron chi connectivity index (χ0n) is 18.8. The minimum Gasteiger partial charge on any atom is -0.512 e. The number of hydrogen-bond donors (Lipinski definition) is 1. The van der Waals surface area contributed by atoms with Crippen molar-refractivity contribution >= 4 is 32.6 Å². The molecule has 0 unspecified atom stereocenters. The topological polar surface area (TPSA) is 50.2 Å². The summed E-state index contributed by atoms with van der Waals surface area (Å²) in [6, 6.07) is 21.3. The van der Waals surface area contributed by atoms with Crippen molar-refractivity contribution in [3.05, 3.63) is 77.0 Å². The molecule has 0 aliphatic rings. The van der Waals surface area contributed by atoms with E-state index in [0.717, 1.165) is 26.6 Å². The molecule has 3 aromatic rings. The van der Waals surface area contributed by atoms with Gasteiger partial charge in [0.2, 0.25) is 0 Å². The number of halogens is 1. The molecule has 0 amide bonds. The molecule has 0 spiro atoms. The first-order chi connectivity index (χ1) is 13.9. The van der Waals surface area contributed by atoms with Crippen LogP contribution in [0.4, 0.5) is 0 Å². The van der Waals surface area contributed by atoms with Gasteiger partial charge in [0.05, 0.1) is 5.52 Å². The number of benzene rings is 2. The number of rotatable bonds is 2. The van der Waals surface area contributed by atoms with E-state index in [-0.39, 0.29) is 37.1 Å². The van der Waals surface area contributed by atoms with E-state index in [2.05, 4.69) is 39.1 Å². The number of para-hydroxylation sites is 1. The van der Waals surface area contributed by atoms with Crippen LogP contribution < -0.4 is 0 Å². The molecule has 1 heterocycles. The van der Waals surface area contributed by atoms with Gasteiger partial charge in [-0.3, -0.25) is 9.78 Å². The average Bonchev–Trinajstić information content (AvgIpc) is 2.66. The molecule has 31 heavy (non-hydrogen) atoms. The quantitative estimate of drug-likeness (QED) is 0.176. The molecular weight excluding hydrogens is 630 g/mol. The number of aliphatic hydroxyl groups excluding tert-OH is 1. The number of ketones is 1. The van der Waals surface area contributed by atoms with Gasteiger partial charge in [0.1, 0.15) is 5.76 Å². The number of fused-ring (bicyclic) bond motifs is 1. The zero-order valence-corrected chi connectivity index (χ0v) is 22.8. The summed E-state index contributed by atoms with van der Waals surface area (Å²) in [7, 11) is 0. The summed E-state index contributed by atoms with van der Waals surface area (Å²) in [5, 5.41) is 10.7. The Balaban J connectivity index is 0.000000314. The van der Waals surface area contributed by atoms with Gasteiger partial charge in [0.25, 0.3) is 0 Å². The molecule has 167 valence electrons. The van der Waals surface area contributed by atoms with Crippen molar-refractivity contribution in [3.63, 3.8) is 0 Å². The molecule has 3 rings (SSSR count). The monoisotopic (exact) mass is 659 g/mol. The Labute approximate surface area is 207 Å². The maximum Gasteiger partial charge on any atom is 0.164 e. The van der Waals surface area contributed by atoms with Crippen molar-refractivity contribution in [2.45, 2.75) is 41.5 Å². The molecule has 0 aliphatic carbocycles. The van der Waals surface area contributed by atoms with Gasteiger partial charge >= 0.3 is 0 Å². The number of carbonyl (C=O) groups is 1. The van der Waals surface area contributed by atoms with E-state index in [0.29, 0.717) is 0 Å². The first kappa shape index (κ1) is 27.2. The number of nitrogens with zero attached hydrogens (tertiary/aromatic N) is 1. The molecule has 1 N–H and O–H groups in total. The molecule has 0 atom stereocenters. The Morgan fingerprint density at radius 2 is 1.65 bits per heavy atom. The fourth-order valence-corrected chi connectivity index (χ4v) is 2.72. The first-order valence-electron chi connectivity index (χ1n) is 9.87. The molecule has 0 fully saturated rings. The van der Waals surface area contributed by atoms with Crippen LogP contribution in [0.3, 0.4) is 0 Å². The van der Waals surface area contributed by atoms with Crippen molar-refractivity contribution < 1.29 is 30.0 Å². The van der Waals surface area contributed by atoms with Crippen LogP contribution in [-0.4, -0.2) is 15.9 Å². The Morgan fingerprint density at radius 1 is 1.00 bits per heavy atom. The van der Waals surface area contributed by atoms with Gasteiger partial charge in [-0.05, 0) is 17.1 Å². The van der Waals surface area contributed by atoms with Crippen LogP contribution in [0.2, 0.25) is 0 Å². The summed E-state index contributed by atoms with van der Waals surface area (Å²) in [6.45, 7) is 11.1. The maximum atomic E-state index is 11.5. The van der Waals surface area contributed by atoms with Gasteiger partial charge in [0.15, 0.2) is 5.78 Å². The number of aliphatic hydroxyl groups is 1. The third kappa shape index (κ3) is 8.33. The predicted octanol–water partition coefficient (Wildman–Crippen LogP) is 7.55. The zero-order chi connectivity index (χ0) is 22.5. The van der Waals surface area contributed by atoms with Gasteiger partial charge < -0.3 is 5.11 Å². The summed E-state index contributed by atoms with van der Waals surface area (Å²) >= 11 is 3.46. The van der Waals surface area contributed by atoms with E-state index < -0.39 is 5.41 Å². The predicted molar refractivity (Wildman–Crippen MR) is 128 cm³/mol. The minimum absolute atomic E-state index is 0. The van der Waals surface area contributed by atoms with Crippen LogP contribution in [0.15, 0.2) is 70.9 Å². The van der Waals surface area contributed by atoms with Crippen LogP contribution >= 0.6 is 15.9 Å². The Kier molecular flexibility index (Phi) is 9.81.